The van der Waals surface area contributed by atoms with E-state index in [1.807, 2.05) is 19.9 Å². The molecule has 1 N–H and O–H groups in total. The van der Waals surface area contributed by atoms with E-state index in [0.717, 1.165) is 11.3 Å². The minimum atomic E-state index is -0.941. The summed E-state index contributed by atoms with van der Waals surface area (Å²) < 4.78 is 5.15. The molecular weight excluding hydrogens is 296 g/mol. The van der Waals surface area contributed by atoms with Crippen molar-refractivity contribution < 1.29 is 19.1 Å². The lowest BCUT2D eigenvalue weighted by molar-refractivity contribution is -0.151. The molecule has 0 bridgehead atoms. The van der Waals surface area contributed by atoms with Gasteiger partial charge in [-0.1, -0.05) is 44.2 Å². The topological polar surface area (TPSA) is 75.7 Å². The molecule has 2 atom stereocenters. The van der Waals surface area contributed by atoms with Gasteiger partial charge in [-0.3, -0.25) is 4.79 Å². The molecule has 2 rings (SSSR count). The van der Waals surface area contributed by atoms with E-state index < -0.39 is 30.0 Å². The average molecular weight is 318 g/mol. The molecule has 1 aromatic rings. The highest BCUT2D eigenvalue weighted by molar-refractivity contribution is 6.07. The van der Waals surface area contributed by atoms with Crippen LogP contribution in [-0.4, -0.2) is 35.5 Å². The maximum Gasteiger partial charge on any atom is 0.329 e. The highest BCUT2D eigenvalue weighted by Gasteiger charge is 2.43. The number of hydrogen-bond acceptors (Lipinski definition) is 4. The van der Waals surface area contributed by atoms with Crippen LogP contribution in [0, 0.1) is 5.92 Å². The Hall–Kier alpha value is -2.37. The van der Waals surface area contributed by atoms with E-state index in [2.05, 4.69) is 5.32 Å². The van der Waals surface area contributed by atoms with Crippen LogP contribution < -0.4 is 5.32 Å². The molecule has 1 aliphatic rings. The Morgan fingerprint density at radius 2 is 1.87 bits per heavy atom. The van der Waals surface area contributed by atoms with Crippen LogP contribution in [0.25, 0.3) is 0 Å². The van der Waals surface area contributed by atoms with Crippen molar-refractivity contribution in [2.24, 2.45) is 5.92 Å². The van der Waals surface area contributed by atoms with Crippen LogP contribution in [0.5, 0.6) is 0 Å². The Labute approximate surface area is 135 Å². The Kier molecular flexibility index (Phi) is 5.36. The van der Waals surface area contributed by atoms with Gasteiger partial charge in [0, 0.05) is 0 Å². The molecule has 23 heavy (non-hydrogen) atoms. The van der Waals surface area contributed by atoms with Crippen LogP contribution in [-0.2, 0) is 14.3 Å². The molecule has 3 amide bonds. The monoisotopic (exact) mass is 318 g/mol. The number of amides is 3. The summed E-state index contributed by atoms with van der Waals surface area (Å²) in [6.07, 6.45) is 0.741. The summed E-state index contributed by atoms with van der Waals surface area (Å²) in [5, 5.41) is 2.61. The number of esters is 1. The molecule has 1 aliphatic heterocycles. The third-order valence-electron chi connectivity index (χ3n) is 3.77. The third-order valence-corrected chi connectivity index (χ3v) is 3.77. The number of imide groups is 1. The largest absolute Gasteiger partial charge is 0.464 e. The molecule has 2 unspecified atom stereocenters. The molecule has 0 radical (unpaired) electrons. The van der Waals surface area contributed by atoms with Crippen LogP contribution in [0.1, 0.15) is 38.8 Å². The summed E-state index contributed by atoms with van der Waals surface area (Å²) in [5.74, 6) is -0.588. The Morgan fingerprint density at radius 3 is 2.48 bits per heavy atom. The van der Waals surface area contributed by atoms with Gasteiger partial charge < -0.3 is 10.1 Å². The Bertz CT molecular complexity index is 586. The zero-order valence-electron chi connectivity index (χ0n) is 13.6. The molecule has 0 saturated carbocycles. The number of nitrogens with zero attached hydrogens (tertiary/aromatic N) is 1. The second-order valence-electron chi connectivity index (χ2n) is 6.03. The van der Waals surface area contributed by atoms with E-state index >= 15 is 0 Å². The summed E-state index contributed by atoms with van der Waals surface area (Å²) in [4.78, 5) is 37.6. The molecule has 1 fully saturated rings. The van der Waals surface area contributed by atoms with Crippen molar-refractivity contribution in [1.82, 2.24) is 10.2 Å². The summed E-state index contributed by atoms with van der Waals surface area (Å²) in [6, 6.07) is 6.67. The van der Waals surface area contributed by atoms with Crippen LogP contribution in [0.15, 0.2) is 30.3 Å². The predicted molar refractivity (Wildman–Crippen MR) is 84.4 cm³/mol. The Balaban J connectivity index is 2.03. The van der Waals surface area contributed by atoms with Gasteiger partial charge in [0.15, 0.2) is 0 Å². The normalized spacial score (nSPS) is 19.0. The molecule has 0 aromatic heterocycles. The predicted octanol–water partition coefficient (Wildman–Crippen LogP) is 2.26. The lowest BCUT2D eigenvalue weighted by atomic mass is 10.1. The van der Waals surface area contributed by atoms with Gasteiger partial charge in [0.05, 0.1) is 6.61 Å². The summed E-state index contributed by atoms with van der Waals surface area (Å²) in [6.45, 7) is 5.84. The number of nitrogens with one attached hydrogen (secondary N) is 1. The smallest absolute Gasteiger partial charge is 0.329 e. The number of benzene rings is 1. The first-order valence-electron chi connectivity index (χ1n) is 7.77. The van der Waals surface area contributed by atoms with Crippen molar-refractivity contribution in [2.75, 3.05) is 6.61 Å². The molecule has 1 aromatic carbocycles. The van der Waals surface area contributed by atoms with Crippen molar-refractivity contribution in [2.45, 2.75) is 39.3 Å². The molecule has 6 heteroatoms. The molecule has 0 aliphatic carbocycles. The van der Waals surface area contributed by atoms with Gasteiger partial charge in [0.2, 0.25) is 0 Å². The first-order chi connectivity index (χ1) is 10.9. The first-order valence-corrected chi connectivity index (χ1v) is 7.77. The zero-order valence-corrected chi connectivity index (χ0v) is 13.6. The maximum atomic E-state index is 12.5. The Morgan fingerprint density at radius 1 is 1.22 bits per heavy atom. The summed E-state index contributed by atoms with van der Waals surface area (Å²) in [5.41, 5.74) is 0.689. The summed E-state index contributed by atoms with van der Waals surface area (Å²) in [7, 11) is 0. The quantitative estimate of drug-likeness (QED) is 0.645. The zero-order chi connectivity index (χ0) is 17.0. The van der Waals surface area contributed by atoms with Crippen molar-refractivity contribution >= 4 is 17.9 Å². The van der Waals surface area contributed by atoms with Crippen LogP contribution in [0.4, 0.5) is 4.79 Å². The molecular formula is C17H22N2O4. The second kappa shape index (κ2) is 7.26. The number of urea groups is 1. The minimum Gasteiger partial charge on any atom is -0.464 e. The lowest BCUT2D eigenvalue weighted by Crippen LogP contribution is -2.44. The van der Waals surface area contributed by atoms with E-state index in [1.165, 1.54) is 6.92 Å². The van der Waals surface area contributed by atoms with Gasteiger partial charge in [0.25, 0.3) is 5.91 Å². The van der Waals surface area contributed by atoms with Crippen LogP contribution in [0.2, 0.25) is 0 Å². The van der Waals surface area contributed by atoms with Crippen molar-refractivity contribution in [3.8, 4) is 0 Å². The van der Waals surface area contributed by atoms with E-state index in [9.17, 15) is 14.4 Å². The highest BCUT2D eigenvalue weighted by atomic mass is 16.5. The third kappa shape index (κ3) is 3.88. The van der Waals surface area contributed by atoms with Gasteiger partial charge in [-0.25, -0.2) is 14.5 Å². The minimum absolute atomic E-state index is 0.284. The van der Waals surface area contributed by atoms with E-state index in [0.29, 0.717) is 11.5 Å². The van der Waals surface area contributed by atoms with Crippen LogP contribution >= 0.6 is 0 Å². The van der Waals surface area contributed by atoms with E-state index in [1.54, 1.807) is 24.3 Å². The fraction of sp³-hybridized carbons (Fsp3) is 0.471. The molecule has 1 saturated heterocycles. The van der Waals surface area contributed by atoms with Crippen molar-refractivity contribution in [3.05, 3.63) is 35.9 Å². The average Bonchev–Trinajstić information content (AvgIpc) is 2.82. The van der Waals surface area contributed by atoms with Gasteiger partial charge in [-0.2, -0.15) is 0 Å². The van der Waals surface area contributed by atoms with E-state index in [-0.39, 0.29) is 6.61 Å². The van der Waals surface area contributed by atoms with Gasteiger partial charge in [-0.05, 0) is 24.8 Å². The van der Waals surface area contributed by atoms with Crippen molar-refractivity contribution in [1.29, 1.82) is 0 Å². The van der Waals surface area contributed by atoms with Crippen molar-refractivity contribution in [3.63, 3.8) is 0 Å². The van der Waals surface area contributed by atoms with Gasteiger partial charge in [0.1, 0.15) is 12.1 Å². The highest BCUT2D eigenvalue weighted by Crippen LogP contribution is 2.23. The summed E-state index contributed by atoms with van der Waals surface area (Å²) >= 11 is 0. The number of ether oxygens (including phenoxy) is 1. The fourth-order valence-corrected chi connectivity index (χ4v) is 2.35. The fourth-order valence-electron chi connectivity index (χ4n) is 2.35. The molecule has 6 nitrogen and oxygen atoms in total. The SMILES string of the molecule is CC(C)CCOC(=O)C(C)N1C(=O)NC(c2ccccc2)C1=O. The number of rotatable bonds is 6. The first kappa shape index (κ1) is 17.0. The van der Waals surface area contributed by atoms with Gasteiger partial charge in [-0.15, -0.1) is 0 Å². The standard InChI is InChI=1S/C17H22N2O4/c1-11(2)9-10-23-16(21)12(3)19-15(20)14(18-17(19)22)13-7-5-4-6-8-13/h4-8,11-12,14H,9-10H2,1-3H3,(H,18,22). The second-order valence-corrected chi connectivity index (χ2v) is 6.03. The number of carbonyl (C=O) groups excluding carboxylic acids is 3. The molecule has 124 valence electrons. The number of carbonyl (C=O) groups is 3. The molecule has 1 heterocycles. The maximum absolute atomic E-state index is 12.5. The van der Waals surface area contributed by atoms with E-state index in [4.69, 9.17) is 4.74 Å². The molecule has 0 spiro atoms. The van der Waals surface area contributed by atoms with Gasteiger partial charge >= 0.3 is 12.0 Å². The number of hydrogen-bond donors (Lipinski definition) is 1. The van der Waals surface area contributed by atoms with Crippen LogP contribution in [0.3, 0.4) is 0 Å². The lowest BCUT2D eigenvalue weighted by Gasteiger charge is -2.20.